The summed E-state index contributed by atoms with van der Waals surface area (Å²) in [6, 6.07) is 30.2. The molecule has 0 N–H and O–H groups in total. The minimum atomic E-state index is 0.978. The molecule has 2 aromatic heterocycles. The minimum Gasteiger partial charge on any atom is -0.256 e. The lowest BCUT2D eigenvalue weighted by molar-refractivity contribution is 0.951. The summed E-state index contributed by atoms with van der Waals surface area (Å²) < 4.78 is 0. The lowest BCUT2D eigenvalue weighted by Gasteiger charge is -2.09. The van der Waals surface area contributed by atoms with Crippen LogP contribution in [-0.2, 0) is 12.8 Å². The molecular weight excluding hydrogens is 388 g/mol. The Hall–Kier alpha value is -3.78. The summed E-state index contributed by atoms with van der Waals surface area (Å²) in [7, 11) is 0. The maximum Gasteiger partial charge on any atom is 0.0780 e. The van der Waals surface area contributed by atoms with Gasteiger partial charge in [0.1, 0.15) is 0 Å². The summed E-state index contributed by atoms with van der Waals surface area (Å²) in [5.74, 6) is 0. The van der Waals surface area contributed by atoms with E-state index in [-0.39, 0.29) is 0 Å². The van der Waals surface area contributed by atoms with Gasteiger partial charge < -0.3 is 0 Å². The first-order valence-corrected chi connectivity index (χ1v) is 11.1. The molecule has 3 aromatic carbocycles. The molecule has 0 spiro atoms. The Labute approximate surface area is 189 Å². The molecule has 2 nitrogen and oxygen atoms in total. The van der Waals surface area contributed by atoms with Crippen LogP contribution in [0.15, 0.2) is 97.3 Å². The largest absolute Gasteiger partial charge is 0.256 e. The summed E-state index contributed by atoms with van der Waals surface area (Å²) in [6.45, 7) is 4.22. The van der Waals surface area contributed by atoms with Crippen LogP contribution in [0.4, 0.5) is 0 Å². The van der Waals surface area contributed by atoms with Gasteiger partial charge in [-0.1, -0.05) is 84.4 Å². The first-order valence-electron chi connectivity index (χ1n) is 11.1. The molecule has 5 rings (SSSR count). The van der Waals surface area contributed by atoms with Gasteiger partial charge in [-0.15, -0.1) is 0 Å². The van der Waals surface area contributed by atoms with Crippen molar-refractivity contribution in [2.45, 2.75) is 26.7 Å². The van der Waals surface area contributed by atoms with Crippen LogP contribution in [0.25, 0.3) is 33.3 Å². The second-order valence-electron chi connectivity index (χ2n) is 8.45. The highest BCUT2D eigenvalue weighted by molar-refractivity contribution is 5.96. The Balaban J connectivity index is 1.29. The number of nitrogens with zero attached hydrogens (tertiary/aromatic N) is 2. The van der Waals surface area contributed by atoms with Crippen molar-refractivity contribution in [3.63, 3.8) is 0 Å². The quantitative estimate of drug-likeness (QED) is 0.300. The lowest BCUT2D eigenvalue weighted by Crippen LogP contribution is -1.94. The van der Waals surface area contributed by atoms with E-state index in [0.29, 0.717) is 0 Å². The van der Waals surface area contributed by atoms with Crippen molar-refractivity contribution >= 4 is 10.8 Å². The maximum atomic E-state index is 4.73. The molecule has 0 aliphatic rings. The van der Waals surface area contributed by atoms with E-state index in [4.69, 9.17) is 4.98 Å². The Morgan fingerprint density at radius 3 is 1.94 bits per heavy atom. The van der Waals surface area contributed by atoms with Gasteiger partial charge in [0.15, 0.2) is 0 Å². The van der Waals surface area contributed by atoms with Crippen molar-refractivity contribution in [2.24, 2.45) is 0 Å². The SMILES string of the molecule is Cc1ccc(-c2ccc(CCc3ccc(-c4ncc(C)c5ccccc45)cc3)cn2)cc1. The standard InChI is InChI=1S/C30H26N2/c1-21-7-14-25(15-8-21)29-18-13-24(20-31-29)10-9-23-11-16-26(17-12-23)30-28-6-4-3-5-27(28)22(2)19-32-30/h3-8,11-20H,9-10H2,1-2H3. The average Bonchev–Trinajstić information content (AvgIpc) is 2.85. The molecule has 0 radical (unpaired) electrons. The highest BCUT2D eigenvalue weighted by Crippen LogP contribution is 2.28. The van der Waals surface area contributed by atoms with Crippen molar-refractivity contribution in [1.82, 2.24) is 9.97 Å². The monoisotopic (exact) mass is 414 g/mol. The molecule has 0 saturated carbocycles. The zero-order chi connectivity index (χ0) is 21.9. The fourth-order valence-corrected chi connectivity index (χ4v) is 4.15. The van der Waals surface area contributed by atoms with E-state index in [1.54, 1.807) is 0 Å². The Morgan fingerprint density at radius 1 is 0.562 bits per heavy atom. The number of aryl methyl sites for hydroxylation is 4. The summed E-state index contributed by atoms with van der Waals surface area (Å²) in [5.41, 5.74) is 9.46. The molecule has 0 atom stereocenters. The highest BCUT2D eigenvalue weighted by Gasteiger charge is 2.07. The van der Waals surface area contributed by atoms with Crippen LogP contribution in [0.2, 0.25) is 0 Å². The highest BCUT2D eigenvalue weighted by atomic mass is 14.7. The van der Waals surface area contributed by atoms with Gasteiger partial charge in [-0.25, -0.2) is 0 Å². The second-order valence-corrected chi connectivity index (χ2v) is 8.45. The average molecular weight is 415 g/mol. The molecule has 0 aliphatic heterocycles. The van der Waals surface area contributed by atoms with Gasteiger partial charge in [0.25, 0.3) is 0 Å². The number of fused-ring (bicyclic) bond motifs is 1. The third-order valence-electron chi connectivity index (χ3n) is 6.10. The summed E-state index contributed by atoms with van der Waals surface area (Å²) >= 11 is 0. The molecule has 0 aliphatic carbocycles. The number of aromatic nitrogens is 2. The Morgan fingerprint density at radius 2 is 1.22 bits per heavy atom. The van der Waals surface area contributed by atoms with Gasteiger partial charge in [0.05, 0.1) is 11.4 Å². The minimum absolute atomic E-state index is 0.978. The fourth-order valence-electron chi connectivity index (χ4n) is 4.15. The van der Waals surface area contributed by atoms with Gasteiger partial charge >= 0.3 is 0 Å². The van der Waals surface area contributed by atoms with E-state index >= 15 is 0 Å². The van der Waals surface area contributed by atoms with Crippen LogP contribution < -0.4 is 0 Å². The van der Waals surface area contributed by atoms with Crippen LogP contribution in [-0.4, -0.2) is 9.97 Å². The van der Waals surface area contributed by atoms with Crippen LogP contribution in [0.1, 0.15) is 22.3 Å². The van der Waals surface area contributed by atoms with Gasteiger partial charge in [-0.2, -0.15) is 0 Å². The molecule has 5 aromatic rings. The number of hydrogen-bond acceptors (Lipinski definition) is 2. The number of pyridine rings is 2. The first-order chi connectivity index (χ1) is 15.7. The van der Waals surface area contributed by atoms with E-state index in [1.165, 1.54) is 33.0 Å². The third kappa shape index (κ3) is 4.17. The summed E-state index contributed by atoms with van der Waals surface area (Å²) in [6.07, 6.45) is 5.95. The lowest BCUT2D eigenvalue weighted by atomic mass is 9.99. The normalized spacial score (nSPS) is 11.1. The first kappa shape index (κ1) is 20.1. The summed E-state index contributed by atoms with van der Waals surface area (Å²) in [5, 5.41) is 2.48. The predicted molar refractivity (Wildman–Crippen MR) is 134 cm³/mol. The number of benzene rings is 3. The van der Waals surface area contributed by atoms with E-state index in [2.05, 4.69) is 104 Å². The van der Waals surface area contributed by atoms with Crippen LogP contribution in [0.5, 0.6) is 0 Å². The Kier molecular flexibility index (Phi) is 5.51. The molecule has 2 heterocycles. The third-order valence-corrected chi connectivity index (χ3v) is 6.10. The van der Waals surface area contributed by atoms with Crippen molar-refractivity contribution in [3.05, 3.63) is 120 Å². The van der Waals surface area contributed by atoms with E-state index in [1.807, 2.05) is 12.4 Å². The molecule has 0 amide bonds. The van der Waals surface area contributed by atoms with Crippen LogP contribution in [0.3, 0.4) is 0 Å². The van der Waals surface area contributed by atoms with Crippen LogP contribution in [0, 0.1) is 13.8 Å². The smallest absolute Gasteiger partial charge is 0.0780 e. The predicted octanol–water partition coefficient (Wildman–Crippen LogP) is 7.37. The van der Waals surface area contributed by atoms with Gasteiger partial charge in [-0.05, 0) is 54.8 Å². The van der Waals surface area contributed by atoms with Crippen molar-refractivity contribution in [3.8, 4) is 22.5 Å². The number of rotatable bonds is 5. The molecule has 2 heteroatoms. The zero-order valence-corrected chi connectivity index (χ0v) is 18.5. The van der Waals surface area contributed by atoms with E-state index in [0.717, 1.165) is 35.4 Å². The maximum absolute atomic E-state index is 4.73. The molecule has 32 heavy (non-hydrogen) atoms. The van der Waals surface area contributed by atoms with Crippen molar-refractivity contribution < 1.29 is 0 Å². The van der Waals surface area contributed by atoms with Crippen molar-refractivity contribution in [1.29, 1.82) is 0 Å². The van der Waals surface area contributed by atoms with Crippen LogP contribution >= 0.6 is 0 Å². The molecule has 0 saturated heterocycles. The Bertz CT molecular complexity index is 1350. The van der Waals surface area contributed by atoms with Gasteiger partial charge in [-0.3, -0.25) is 9.97 Å². The summed E-state index contributed by atoms with van der Waals surface area (Å²) in [4.78, 5) is 9.40. The zero-order valence-electron chi connectivity index (χ0n) is 18.5. The van der Waals surface area contributed by atoms with E-state index < -0.39 is 0 Å². The fraction of sp³-hybridized carbons (Fsp3) is 0.133. The van der Waals surface area contributed by atoms with Gasteiger partial charge in [0.2, 0.25) is 0 Å². The van der Waals surface area contributed by atoms with Crippen molar-refractivity contribution in [2.75, 3.05) is 0 Å². The molecule has 0 bridgehead atoms. The molecule has 156 valence electrons. The van der Waals surface area contributed by atoms with E-state index in [9.17, 15) is 0 Å². The molecular formula is C30H26N2. The topological polar surface area (TPSA) is 25.8 Å². The second kappa shape index (κ2) is 8.76. The molecule has 0 fully saturated rings. The van der Waals surface area contributed by atoms with Gasteiger partial charge in [0, 0.05) is 28.9 Å². The molecule has 0 unspecified atom stereocenters. The number of hydrogen-bond donors (Lipinski definition) is 0.